The SMILES string of the molecule is COc1ncnc(C2CC2)c1-c1ncc2c(n1)N(Cc1ccc(-c3nc(C(F)(F)F)cn3C)cc1)CCN2CC(F)(F)F. The van der Waals surface area contributed by atoms with E-state index in [2.05, 4.69) is 19.9 Å². The molecule has 15 heteroatoms. The number of anilines is 2. The standard InChI is InChI=1S/C28H26F6N8O/c1-40-13-20(28(32,33)34)38-24(40)18-5-3-16(4-6-18)12-41-9-10-42(14-27(29,30)31)19-11-35-23(39-25(19)41)21-22(17-7-8-17)36-15-37-26(21)43-2/h3-6,11,13,15,17H,7-10,12,14H2,1-2H3. The number of hydrogen-bond donors (Lipinski definition) is 0. The van der Waals surface area contributed by atoms with Crippen molar-refractivity contribution in [1.82, 2.24) is 29.5 Å². The second-order valence-electron chi connectivity index (χ2n) is 10.5. The molecule has 1 aliphatic carbocycles. The normalized spacial score (nSPS) is 15.5. The number of ether oxygens (including phenoxy) is 1. The molecule has 2 aliphatic rings. The fourth-order valence-electron chi connectivity index (χ4n) is 5.21. The summed E-state index contributed by atoms with van der Waals surface area (Å²) < 4.78 is 86.5. The fraction of sp³-hybridized carbons (Fsp3) is 0.393. The van der Waals surface area contributed by atoms with E-state index >= 15 is 0 Å². The van der Waals surface area contributed by atoms with Crippen molar-refractivity contribution in [3.63, 3.8) is 0 Å². The molecule has 1 aromatic carbocycles. The van der Waals surface area contributed by atoms with Crippen LogP contribution >= 0.6 is 0 Å². The average Bonchev–Trinajstić information content (AvgIpc) is 3.73. The summed E-state index contributed by atoms with van der Waals surface area (Å²) in [7, 11) is 2.96. The lowest BCUT2D eigenvalue weighted by atomic mass is 10.1. The number of benzene rings is 1. The zero-order valence-electron chi connectivity index (χ0n) is 23.1. The fourth-order valence-corrected chi connectivity index (χ4v) is 5.21. The molecule has 0 saturated heterocycles. The van der Waals surface area contributed by atoms with Crippen molar-refractivity contribution < 1.29 is 31.1 Å². The summed E-state index contributed by atoms with van der Waals surface area (Å²) >= 11 is 0. The van der Waals surface area contributed by atoms with E-state index in [-0.39, 0.29) is 48.8 Å². The van der Waals surface area contributed by atoms with Gasteiger partial charge in [0.1, 0.15) is 24.3 Å². The molecule has 1 saturated carbocycles. The van der Waals surface area contributed by atoms with Crippen LogP contribution in [-0.4, -0.2) is 62.4 Å². The number of rotatable bonds is 7. The van der Waals surface area contributed by atoms with Gasteiger partial charge in [0, 0.05) is 44.4 Å². The predicted octanol–water partition coefficient (Wildman–Crippen LogP) is 5.63. The third kappa shape index (κ3) is 5.92. The number of nitrogens with zero attached hydrogens (tertiary/aromatic N) is 8. The summed E-state index contributed by atoms with van der Waals surface area (Å²) in [6, 6.07) is 6.83. The van der Waals surface area contributed by atoms with E-state index in [0.29, 0.717) is 16.9 Å². The average molecular weight is 605 g/mol. The van der Waals surface area contributed by atoms with Crippen LogP contribution < -0.4 is 14.5 Å². The number of aryl methyl sites for hydroxylation is 1. The quantitative estimate of drug-likeness (QED) is 0.251. The maximum atomic E-state index is 13.4. The summed E-state index contributed by atoms with van der Waals surface area (Å²) in [4.78, 5) is 24.6. The third-order valence-electron chi connectivity index (χ3n) is 7.38. The van der Waals surface area contributed by atoms with E-state index in [1.807, 2.05) is 4.90 Å². The summed E-state index contributed by atoms with van der Waals surface area (Å²) in [5.74, 6) is 1.21. The van der Waals surface area contributed by atoms with Crippen LogP contribution in [0.1, 0.15) is 35.7 Å². The van der Waals surface area contributed by atoms with Gasteiger partial charge in [0.15, 0.2) is 17.3 Å². The zero-order chi connectivity index (χ0) is 30.5. The zero-order valence-corrected chi connectivity index (χ0v) is 23.1. The first-order valence-electron chi connectivity index (χ1n) is 13.4. The molecule has 0 unspecified atom stereocenters. The molecule has 0 N–H and O–H groups in total. The maximum Gasteiger partial charge on any atom is 0.434 e. The highest BCUT2D eigenvalue weighted by Gasteiger charge is 2.37. The van der Waals surface area contributed by atoms with Gasteiger partial charge in [0.25, 0.3) is 0 Å². The molecule has 6 rings (SSSR count). The van der Waals surface area contributed by atoms with Crippen LogP contribution in [0.4, 0.5) is 37.8 Å². The van der Waals surface area contributed by atoms with Gasteiger partial charge < -0.3 is 19.1 Å². The van der Waals surface area contributed by atoms with Gasteiger partial charge in [-0.25, -0.2) is 24.9 Å². The third-order valence-corrected chi connectivity index (χ3v) is 7.38. The number of methoxy groups -OCH3 is 1. The second-order valence-corrected chi connectivity index (χ2v) is 10.5. The minimum atomic E-state index is -4.56. The largest absolute Gasteiger partial charge is 0.480 e. The van der Waals surface area contributed by atoms with Gasteiger partial charge >= 0.3 is 12.4 Å². The molecule has 4 aromatic rings. The van der Waals surface area contributed by atoms with Crippen molar-refractivity contribution in [2.75, 3.05) is 36.5 Å². The van der Waals surface area contributed by atoms with Crippen molar-refractivity contribution in [2.24, 2.45) is 7.05 Å². The summed E-state index contributed by atoms with van der Waals surface area (Å²) in [6.45, 7) is -0.533. The first kappa shape index (κ1) is 28.7. The van der Waals surface area contributed by atoms with E-state index in [0.717, 1.165) is 30.3 Å². The minimum absolute atomic E-state index is 0.0892. The first-order chi connectivity index (χ1) is 20.4. The first-order valence-corrected chi connectivity index (χ1v) is 13.4. The summed E-state index contributed by atoms with van der Waals surface area (Å²) in [5, 5.41) is 0. The van der Waals surface area contributed by atoms with Crippen LogP contribution in [0.5, 0.6) is 5.88 Å². The number of halogens is 6. The Balaban J connectivity index is 1.34. The lowest BCUT2D eigenvalue weighted by molar-refractivity contribution is -0.140. The number of aromatic nitrogens is 6. The molecule has 0 bridgehead atoms. The van der Waals surface area contributed by atoms with Crippen LogP contribution in [-0.2, 0) is 19.8 Å². The van der Waals surface area contributed by atoms with Gasteiger partial charge in [-0.3, -0.25) is 0 Å². The topological polar surface area (TPSA) is 85.1 Å². The molecule has 0 atom stereocenters. The Morgan fingerprint density at radius 3 is 2.28 bits per heavy atom. The highest BCUT2D eigenvalue weighted by Crippen LogP contribution is 2.45. The van der Waals surface area contributed by atoms with Crippen molar-refractivity contribution in [1.29, 1.82) is 0 Å². The van der Waals surface area contributed by atoms with Gasteiger partial charge in [0.05, 0.1) is 24.7 Å². The molecule has 43 heavy (non-hydrogen) atoms. The molecule has 0 spiro atoms. The van der Waals surface area contributed by atoms with Crippen LogP contribution in [0.3, 0.4) is 0 Å². The monoisotopic (exact) mass is 604 g/mol. The van der Waals surface area contributed by atoms with E-state index in [4.69, 9.17) is 9.72 Å². The highest BCUT2D eigenvalue weighted by atomic mass is 19.4. The van der Waals surface area contributed by atoms with Crippen LogP contribution in [0, 0.1) is 0 Å². The highest BCUT2D eigenvalue weighted by molar-refractivity contribution is 5.74. The Morgan fingerprint density at radius 2 is 1.65 bits per heavy atom. The van der Waals surface area contributed by atoms with Gasteiger partial charge in [-0.1, -0.05) is 24.3 Å². The molecule has 0 amide bonds. The number of imidazole rings is 1. The van der Waals surface area contributed by atoms with Crippen molar-refractivity contribution in [2.45, 2.75) is 37.7 Å². The molecule has 1 fully saturated rings. The summed E-state index contributed by atoms with van der Waals surface area (Å²) in [5.41, 5.74) is 1.78. The van der Waals surface area contributed by atoms with Crippen molar-refractivity contribution in [3.8, 4) is 28.7 Å². The minimum Gasteiger partial charge on any atom is -0.480 e. The smallest absolute Gasteiger partial charge is 0.434 e. The van der Waals surface area contributed by atoms with Gasteiger partial charge in [-0.2, -0.15) is 26.3 Å². The van der Waals surface area contributed by atoms with E-state index in [1.54, 1.807) is 24.3 Å². The molecular weight excluding hydrogens is 578 g/mol. The lowest BCUT2D eigenvalue weighted by Gasteiger charge is -2.38. The number of fused-ring (bicyclic) bond motifs is 1. The van der Waals surface area contributed by atoms with E-state index in [1.165, 1.54) is 36.1 Å². The van der Waals surface area contributed by atoms with Gasteiger partial charge in [-0.15, -0.1) is 0 Å². The Hall–Kier alpha value is -4.43. The molecular formula is C28H26F6N8O. The van der Waals surface area contributed by atoms with E-state index < -0.39 is 24.6 Å². The van der Waals surface area contributed by atoms with Gasteiger partial charge in [-0.05, 0) is 18.4 Å². The molecule has 0 radical (unpaired) electrons. The van der Waals surface area contributed by atoms with Gasteiger partial charge in [0.2, 0.25) is 5.88 Å². The Bertz CT molecular complexity index is 1630. The van der Waals surface area contributed by atoms with Crippen LogP contribution in [0.25, 0.3) is 22.8 Å². The maximum absolute atomic E-state index is 13.4. The summed E-state index contributed by atoms with van der Waals surface area (Å²) in [6.07, 6.45) is -3.39. The van der Waals surface area contributed by atoms with Crippen LogP contribution in [0.15, 0.2) is 43.0 Å². The molecule has 4 heterocycles. The molecule has 226 valence electrons. The molecule has 9 nitrogen and oxygen atoms in total. The predicted molar refractivity (Wildman–Crippen MR) is 145 cm³/mol. The number of alkyl halides is 6. The second kappa shape index (κ2) is 10.7. The van der Waals surface area contributed by atoms with Crippen molar-refractivity contribution in [3.05, 3.63) is 59.9 Å². The van der Waals surface area contributed by atoms with Crippen molar-refractivity contribution >= 4 is 11.5 Å². The van der Waals surface area contributed by atoms with Crippen LogP contribution in [0.2, 0.25) is 0 Å². The Labute approximate surface area is 242 Å². The number of hydrogen-bond acceptors (Lipinski definition) is 8. The van der Waals surface area contributed by atoms with E-state index in [9.17, 15) is 26.3 Å². The Kier molecular flexibility index (Phi) is 7.13. The Morgan fingerprint density at radius 1 is 0.930 bits per heavy atom. The molecule has 3 aromatic heterocycles. The molecule has 1 aliphatic heterocycles. The lowest BCUT2D eigenvalue weighted by Crippen LogP contribution is -2.45.